The highest BCUT2D eigenvalue weighted by molar-refractivity contribution is 6.12. The van der Waals surface area contributed by atoms with E-state index in [1.807, 2.05) is 201 Å². The molecule has 0 unspecified atom stereocenters. The summed E-state index contributed by atoms with van der Waals surface area (Å²) in [4.78, 5) is 99.0. The van der Waals surface area contributed by atoms with Gasteiger partial charge in [-0.2, -0.15) is 14.5 Å². The van der Waals surface area contributed by atoms with Crippen molar-refractivity contribution in [2.45, 2.75) is 120 Å². The number of carbonyl (C=O) groups excluding carboxylic acids is 8. The maximum atomic E-state index is 12.2. The Morgan fingerprint density at radius 3 is 0.829 bits per heavy atom. The molecule has 6 aliphatic rings. The van der Waals surface area contributed by atoms with Crippen LogP contribution in [0.4, 0.5) is 0 Å². The average molecular weight is 1510 g/mol. The highest BCUT2D eigenvalue weighted by atomic mass is 17.3. The Kier molecular flexibility index (Phi) is 52.6. The van der Waals surface area contributed by atoms with Crippen LogP contribution < -0.4 is 28.7 Å². The summed E-state index contributed by atoms with van der Waals surface area (Å²) in [5.74, 6) is -0.0920. The standard InChI is InChI=1S/C16H14O3.2C16H14O.C15H10O3.C14H10O.C2H2.5CH5N.CO2.CH4O.CH2O.6CH4/c1-11(17)16(19-18)14-8-4-2-6-12(14)10-13-7-3-5-9-15(13)16;2*1-11(17)16-14-8-4-2-6-12(14)10-13-7-3-5-9-15(13)16;16-14-15(18-17-14)12-7-3-1-5-10(12)9-11-6-2-4-8-13(11)15;15-14-12-7-3-1-5-10(12)9-11-6-2-4-8-13(11)14;6*1-2;2-1-3;2*1-2;;;;;;/h2-9,18H,10H2,1H3;2*2-9,16H,10H2,1H3;1-8H,9H2;1-8H,9H2;1-2H;5*2H2,1H3;;2H,1H3;1H2;6*1H4. The summed E-state index contributed by atoms with van der Waals surface area (Å²) >= 11 is 0. The molecule has 0 amide bonds. The van der Waals surface area contributed by atoms with Crippen LogP contribution in [0, 0.1) is 12.8 Å². The first-order chi connectivity index (χ1) is 51.3. The fourth-order valence-corrected chi connectivity index (χ4v) is 13.5. The van der Waals surface area contributed by atoms with Crippen molar-refractivity contribution in [2.75, 3.05) is 42.3 Å². The summed E-state index contributed by atoms with van der Waals surface area (Å²) < 4.78 is 0. The molecular formula is C93H119N5O13. The van der Waals surface area contributed by atoms with Crippen molar-refractivity contribution < 1.29 is 63.4 Å². The maximum Gasteiger partial charge on any atom is 0.387 e. The normalized spacial score (nSPS) is 12.2. The molecule has 18 nitrogen and oxygen atoms in total. The number of carbonyl (C=O) groups is 6. The molecule has 18 heteroatoms. The number of aliphatic hydroxyl groups excluding tert-OH is 1. The number of benzene rings is 10. The molecule has 16 rings (SSSR count). The quantitative estimate of drug-likeness (QED) is 0.0489. The number of hydrogen-bond acceptors (Lipinski definition) is 18. The van der Waals surface area contributed by atoms with Gasteiger partial charge in [0.05, 0.1) is 11.8 Å². The first-order valence-corrected chi connectivity index (χ1v) is 33.4. The predicted octanol–water partition coefficient (Wildman–Crippen LogP) is 15.5. The molecule has 10 aromatic carbocycles. The van der Waals surface area contributed by atoms with Gasteiger partial charge in [0.1, 0.15) is 18.4 Å². The number of terminal acetylenes is 1. The van der Waals surface area contributed by atoms with Gasteiger partial charge in [0, 0.05) is 40.5 Å². The highest BCUT2D eigenvalue weighted by Crippen LogP contribution is 2.49. The summed E-state index contributed by atoms with van der Waals surface area (Å²) in [6, 6.07) is 79.6. The lowest BCUT2D eigenvalue weighted by Crippen LogP contribution is -2.53. The Balaban J connectivity index is -0.000000603. The Bertz CT molecular complexity index is 4170. The van der Waals surface area contributed by atoms with Crippen LogP contribution in [-0.2, 0) is 91.5 Å². The third kappa shape index (κ3) is 24.0. The Morgan fingerprint density at radius 2 is 0.595 bits per heavy atom. The van der Waals surface area contributed by atoms with Gasteiger partial charge in [-0.3, -0.25) is 29.3 Å². The molecule has 12 N–H and O–H groups in total. The molecule has 1 heterocycles. The van der Waals surface area contributed by atoms with E-state index in [0.29, 0.717) is 0 Å². The van der Waals surface area contributed by atoms with E-state index < -0.39 is 11.2 Å². The highest BCUT2D eigenvalue weighted by Gasteiger charge is 2.59. The van der Waals surface area contributed by atoms with Crippen LogP contribution in [0.3, 0.4) is 0 Å². The molecule has 1 saturated heterocycles. The van der Waals surface area contributed by atoms with Gasteiger partial charge in [-0.05, 0) is 166 Å². The number of nitrogens with two attached hydrogens (primary N) is 5. The molecule has 0 bridgehead atoms. The SMILES string of the molecule is C.C.C.C.C.C.C#C.C=O.CC(=O)C1(OO)c2ccccc2Cc2ccccc21.CC(=O)C1c2ccccc2Cc2ccccc21.CC(=O)C1c2ccccc2Cc2ccccc21.CN.CN.CN.CN.CN.CO.O=C1OOC12c1ccccc1Cc1ccccc12.O=C1c2ccccc2Cc2ccccc21.O=C=O. The molecule has 0 atom stereocenters. The molecule has 0 aromatic heterocycles. The van der Waals surface area contributed by atoms with Crippen molar-refractivity contribution in [3.63, 3.8) is 0 Å². The minimum atomic E-state index is -1.40. The third-order valence-electron chi connectivity index (χ3n) is 17.5. The van der Waals surface area contributed by atoms with Crippen molar-refractivity contribution in [1.29, 1.82) is 0 Å². The van der Waals surface area contributed by atoms with E-state index in [4.69, 9.17) is 29.3 Å². The van der Waals surface area contributed by atoms with E-state index in [9.17, 15) is 29.2 Å². The monoisotopic (exact) mass is 1510 g/mol. The predicted molar refractivity (Wildman–Crippen MR) is 451 cm³/mol. The second-order valence-electron chi connectivity index (χ2n) is 22.6. The van der Waals surface area contributed by atoms with Crippen LogP contribution in [0.2, 0.25) is 0 Å². The van der Waals surface area contributed by atoms with Gasteiger partial charge in [0.2, 0.25) is 5.60 Å². The number of hydrogen-bond donors (Lipinski definition) is 7. The Morgan fingerprint density at radius 1 is 0.387 bits per heavy atom. The second-order valence-corrected chi connectivity index (χ2v) is 22.6. The van der Waals surface area contributed by atoms with Crippen molar-refractivity contribution >= 4 is 42.0 Å². The zero-order valence-corrected chi connectivity index (χ0v) is 60.9. The lowest BCUT2D eigenvalue weighted by atomic mass is 9.73. The van der Waals surface area contributed by atoms with Crippen LogP contribution in [-0.4, -0.2) is 94.8 Å². The van der Waals surface area contributed by atoms with Crippen molar-refractivity contribution in [3.05, 3.63) is 354 Å². The number of fused-ring (bicyclic) bond motifs is 12. The first-order valence-electron chi connectivity index (χ1n) is 33.4. The van der Waals surface area contributed by atoms with Crippen LogP contribution in [0.15, 0.2) is 243 Å². The van der Waals surface area contributed by atoms with Gasteiger partial charge >= 0.3 is 12.1 Å². The topological polar surface area (TPSA) is 335 Å². The molecule has 1 aliphatic heterocycles. The number of ketones is 4. The first kappa shape index (κ1) is 106. The number of rotatable bonds is 4. The smallest absolute Gasteiger partial charge is 0.387 e. The molecule has 594 valence electrons. The zero-order valence-electron chi connectivity index (χ0n) is 60.9. The molecule has 1 fully saturated rings. The van der Waals surface area contributed by atoms with Crippen molar-refractivity contribution in [3.8, 4) is 12.8 Å². The van der Waals surface area contributed by atoms with Gasteiger partial charge in [0.15, 0.2) is 11.6 Å². The fourth-order valence-electron chi connectivity index (χ4n) is 13.5. The lowest BCUT2D eigenvalue weighted by molar-refractivity contribution is -0.396. The molecule has 5 aliphatic carbocycles. The van der Waals surface area contributed by atoms with Gasteiger partial charge in [-0.25, -0.2) is 9.68 Å². The van der Waals surface area contributed by atoms with Crippen LogP contribution in [0.1, 0.15) is 193 Å². The maximum absolute atomic E-state index is 12.2. The summed E-state index contributed by atoms with van der Waals surface area (Å²) in [7, 11) is 8.50. The van der Waals surface area contributed by atoms with Gasteiger partial charge in [0.25, 0.3) is 5.60 Å². The van der Waals surface area contributed by atoms with E-state index in [1.54, 1.807) is 13.8 Å². The molecule has 10 aromatic rings. The van der Waals surface area contributed by atoms with E-state index in [2.05, 4.69) is 94.9 Å². The summed E-state index contributed by atoms with van der Waals surface area (Å²) in [6.45, 7) is 6.81. The average Bonchev–Trinajstić information content (AvgIpc) is 0.709. The lowest BCUT2D eigenvalue weighted by Gasteiger charge is -2.41. The summed E-state index contributed by atoms with van der Waals surface area (Å²) in [5.41, 5.74) is 41.4. The van der Waals surface area contributed by atoms with Gasteiger partial charge in [-0.1, -0.05) is 287 Å². The molecule has 0 saturated carbocycles. The van der Waals surface area contributed by atoms with Gasteiger partial charge in [-0.15, -0.1) is 12.8 Å². The van der Waals surface area contributed by atoms with E-state index in [1.165, 1.54) is 86.7 Å². The molecular weight excluding hydrogens is 1400 g/mol. The van der Waals surface area contributed by atoms with Crippen LogP contribution >= 0.6 is 0 Å². The second kappa shape index (κ2) is 55.1. The largest absolute Gasteiger partial charge is 0.400 e. The third-order valence-corrected chi connectivity index (χ3v) is 17.5. The number of Topliss-reactive ketones (excluding diaryl/α,β-unsaturated/α-hetero) is 3. The Labute approximate surface area is 660 Å². The summed E-state index contributed by atoms with van der Waals surface area (Å²) in [5, 5.41) is 16.5. The molecule has 0 radical (unpaired) electrons. The zero-order chi connectivity index (χ0) is 78.2. The van der Waals surface area contributed by atoms with Crippen molar-refractivity contribution in [2.24, 2.45) is 28.7 Å². The van der Waals surface area contributed by atoms with Gasteiger partial charge < -0.3 is 38.6 Å². The van der Waals surface area contributed by atoms with E-state index in [-0.39, 0.29) is 91.6 Å². The summed E-state index contributed by atoms with van der Waals surface area (Å²) in [6.07, 6.45) is 12.6. The minimum Gasteiger partial charge on any atom is -0.400 e. The van der Waals surface area contributed by atoms with Crippen LogP contribution in [0.5, 0.6) is 0 Å². The molecule has 111 heavy (non-hydrogen) atoms. The van der Waals surface area contributed by atoms with E-state index in [0.717, 1.165) is 106 Å². The Hall–Kier alpha value is -11.4. The minimum absolute atomic E-state index is 0. The van der Waals surface area contributed by atoms with Crippen molar-refractivity contribution in [1.82, 2.24) is 0 Å². The molecule has 1 spiro atoms. The number of aliphatic hydroxyl groups is 1. The van der Waals surface area contributed by atoms with E-state index >= 15 is 0 Å². The van der Waals surface area contributed by atoms with Crippen LogP contribution in [0.25, 0.3) is 0 Å². The fraction of sp³-hybridized carbons (Fsp3) is 0.258.